The van der Waals surface area contributed by atoms with E-state index < -0.39 is 0 Å². The van der Waals surface area contributed by atoms with Crippen LogP contribution in [0.4, 0.5) is 5.69 Å². The summed E-state index contributed by atoms with van der Waals surface area (Å²) >= 11 is 0. The summed E-state index contributed by atoms with van der Waals surface area (Å²) in [4.78, 5) is 26.8. The van der Waals surface area contributed by atoms with Crippen LogP contribution < -0.4 is 10.1 Å². The highest BCUT2D eigenvalue weighted by molar-refractivity contribution is 6.06. The summed E-state index contributed by atoms with van der Waals surface area (Å²) in [7, 11) is 0. The fourth-order valence-electron chi connectivity index (χ4n) is 2.89. The number of hydrogen-bond acceptors (Lipinski definition) is 3. The Kier molecular flexibility index (Phi) is 6.78. The van der Waals surface area contributed by atoms with Crippen LogP contribution in [-0.4, -0.2) is 35.4 Å². The van der Waals surface area contributed by atoms with Gasteiger partial charge in [-0.05, 0) is 52.0 Å². The van der Waals surface area contributed by atoms with Crippen LogP contribution in [0.15, 0.2) is 54.6 Å². The Balaban J connectivity index is 2.09. The van der Waals surface area contributed by atoms with Crippen molar-refractivity contribution < 1.29 is 14.3 Å². The zero-order valence-corrected chi connectivity index (χ0v) is 15.7. The van der Waals surface area contributed by atoms with Crippen LogP contribution >= 0.6 is 0 Å². The average molecular weight is 354 g/mol. The van der Waals surface area contributed by atoms with Gasteiger partial charge in [0, 0.05) is 17.8 Å². The molecule has 138 valence electrons. The second-order valence-corrected chi connectivity index (χ2v) is 6.59. The van der Waals surface area contributed by atoms with Gasteiger partial charge in [0.2, 0.25) is 0 Å². The SMILES string of the molecule is CC(C)N(C(=O)COc1ccccc1C(=O)Nc1ccccc1)C(C)C. The molecule has 5 nitrogen and oxygen atoms in total. The molecule has 2 aromatic rings. The van der Waals surface area contributed by atoms with Crippen molar-refractivity contribution in [1.29, 1.82) is 0 Å². The molecule has 2 aromatic carbocycles. The van der Waals surface area contributed by atoms with E-state index in [0.29, 0.717) is 17.0 Å². The number of para-hydroxylation sites is 2. The third-order valence-electron chi connectivity index (χ3n) is 3.92. The zero-order chi connectivity index (χ0) is 19.1. The standard InChI is InChI=1S/C21H26N2O3/c1-15(2)23(16(3)4)20(24)14-26-19-13-9-8-12-18(19)21(25)22-17-10-6-5-7-11-17/h5-13,15-16H,14H2,1-4H3,(H,22,25). The van der Waals surface area contributed by atoms with Crippen LogP contribution in [0.3, 0.4) is 0 Å². The van der Waals surface area contributed by atoms with Gasteiger partial charge in [-0.25, -0.2) is 0 Å². The lowest BCUT2D eigenvalue weighted by Crippen LogP contribution is -2.44. The second kappa shape index (κ2) is 9.04. The van der Waals surface area contributed by atoms with Crippen molar-refractivity contribution in [3.05, 3.63) is 60.2 Å². The maximum atomic E-state index is 12.5. The van der Waals surface area contributed by atoms with Crippen LogP contribution in [0.25, 0.3) is 0 Å². The van der Waals surface area contributed by atoms with E-state index in [9.17, 15) is 9.59 Å². The molecular weight excluding hydrogens is 328 g/mol. The Labute approximate surface area is 155 Å². The molecular formula is C21H26N2O3. The molecule has 0 spiro atoms. The fraction of sp³-hybridized carbons (Fsp3) is 0.333. The lowest BCUT2D eigenvalue weighted by atomic mass is 10.2. The predicted octanol–water partition coefficient (Wildman–Crippen LogP) is 3.96. The molecule has 0 heterocycles. The van der Waals surface area contributed by atoms with Crippen LogP contribution in [0.1, 0.15) is 38.1 Å². The number of ether oxygens (including phenoxy) is 1. The lowest BCUT2D eigenvalue weighted by molar-refractivity contribution is -0.137. The smallest absolute Gasteiger partial charge is 0.260 e. The number of carbonyl (C=O) groups is 2. The fourth-order valence-corrected chi connectivity index (χ4v) is 2.89. The summed E-state index contributed by atoms with van der Waals surface area (Å²) in [5.41, 5.74) is 1.10. The molecule has 5 heteroatoms. The summed E-state index contributed by atoms with van der Waals surface area (Å²) < 4.78 is 5.69. The van der Waals surface area contributed by atoms with Gasteiger partial charge in [-0.1, -0.05) is 30.3 Å². The van der Waals surface area contributed by atoms with E-state index in [4.69, 9.17) is 4.74 Å². The Bertz CT molecular complexity index is 734. The van der Waals surface area contributed by atoms with E-state index >= 15 is 0 Å². The summed E-state index contributed by atoms with van der Waals surface area (Å²) in [6.07, 6.45) is 0. The van der Waals surface area contributed by atoms with Gasteiger partial charge >= 0.3 is 0 Å². The molecule has 26 heavy (non-hydrogen) atoms. The Morgan fingerprint density at radius 3 is 2.12 bits per heavy atom. The molecule has 0 saturated heterocycles. The van der Waals surface area contributed by atoms with E-state index in [2.05, 4.69) is 5.32 Å². The largest absolute Gasteiger partial charge is 0.483 e. The van der Waals surface area contributed by atoms with Gasteiger partial charge in [-0.15, -0.1) is 0 Å². The first-order chi connectivity index (χ1) is 12.4. The molecule has 2 rings (SSSR count). The lowest BCUT2D eigenvalue weighted by Gasteiger charge is -2.30. The van der Waals surface area contributed by atoms with E-state index in [1.54, 1.807) is 29.2 Å². The topological polar surface area (TPSA) is 58.6 Å². The molecule has 0 saturated carbocycles. The monoisotopic (exact) mass is 354 g/mol. The van der Waals surface area contributed by atoms with E-state index in [0.717, 1.165) is 0 Å². The molecule has 1 N–H and O–H groups in total. The number of nitrogens with one attached hydrogen (secondary N) is 1. The van der Waals surface area contributed by atoms with Gasteiger partial charge in [0.25, 0.3) is 11.8 Å². The minimum atomic E-state index is -0.274. The highest BCUT2D eigenvalue weighted by Gasteiger charge is 2.21. The molecule has 0 fully saturated rings. The van der Waals surface area contributed by atoms with Crippen molar-refractivity contribution in [3.63, 3.8) is 0 Å². The first kappa shape index (κ1) is 19.5. The van der Waals surface area contributed by atoms with Crippen LogP contribution in [0.5, 0.6) is 5.75 Å². The van der Waals surface area contributed by atoms with Crippen LogP contribution in [0.2, 0.25) is 0 Å². The van der Waals surface area contributed by atoms with Gasteiger partial charge in [0.05, 0.1) is 5.56 Å². The minimum absolute atomic E-state index is 0.0859. The van der Waals surface area contributed by atoms with E-state index in [1.165, 1.54) is 0 Å². The third kappa shape index (κ3) is 5.09. The molecule has 0 aliphatic heterocycles. The highest BCUT2D eigenvalue weighted by atomic mass is 16.5. The maximum Gasteiger partial charge on any atom is 0.260 e. The molecule has 0 aromatic heterocycles. The van der Waals surface area contributed by atoms with Crippen LogP contribution in [-0.2, 0) is 4.79 Å². The predicted molar refractivity (Wildman–Crippen MR) is 103 cm³/mol. The van der Waals surface area contributed by atoms with Crippen molar-refractivity contribution in [2.75, 3.05) is 11.9 Å². The summed E-state index contributed by atoms with van der Waals surface area (Å²) in [5.74, 6) is 0.0128. The van der Waals surface area contributed by atoms with Gasteiger partial charge in [-0.3, -0.25) is 9.59 Å². The maximum absolute atomic E-state index is 12.5. The quantitative estimate of drug-likeness (QED) is 0.819. The molecule has 0 aliphatic carbocycles. The number of rotatable bonds is 7. The number of amides is 2. The van der Waals surface area contributed by atoms with Gasteiger partial charge in [-0.2, -0.15) is 0 Å². The van der Waals surface area contributed by atoms with E-state index in [-0.39, 0.29) is 30.5 Å². The van der Waals surface area contributed by atoms with Crippen molar-refractivity contribution in [2.45, 2.75) is 39.8 Å². The Morgan fingerprint density at radius 2 is 1.50 bits per heavy atom. The number of carbonyl (C=O) groups excluding carboxylic acids is 2. The summed E-state index contributed by atoms with van der Waals surface area (Å²) in [6, 6.07) is 16.3. The normalized spacial score (nSPS) is 10.7. The number of nitrogens with zero attached hydrogens (tertiary/aromatic N) is 1. The molecule has 0 atom stereocenters. The highest BCUT2D eigenvalue weighted by Crippen LogP contribution is 2.20. The van der Waals surface area contributed by atoms with Crippen molar-refractivity contribution in [3.8, 4) is 5.75 Å². The van der Waals surface area contributed by atoms with Crippen LogP contribution in [0, 0.1) is 0 Å². The molecule has 0 radical (unpaired) electrons. The molecule has 0 bridgehead atoms. The van der Waals surface area contributed by atoms with Gasteiger partial charge in [0.15, 0.2) is 6.61 Å². The Hall–Kier alpha value is -2.82. The average Bonchev–Trinajstić information content (AvgIpc) is 2.60. The molecule has 2 amide bonds. The minimum Gasteiger partial charge on any atom is -0.483 e. The number of hydrogen-bond donors (Lipinski definition) is 1. The second-order valence-electron chi connectivity index (χ2n) is 6.59. The van der Waals surface area contributed by atoms with Gasteiger partial charge < -0.3 is 15.0 Å². The van der Waals surface area contributed by atoms with Crippen molar-refractivity contribution in [2.24, 2.45) is 0 Å². The zero-order valence-electron chi connectivity index (χ0n) is 15.7. The first-order valence-electron chi connectivity index (χ1n) is 8.79. The number of anilines is 1. The molecule has 0 aliphatic rings. The summed E-state index contributed by atoms with van der Waals surface area (Å²) in [5, 5.41) is 2.83. The first-order valence-corrected chi connectivity index (χ1v) is 8.79. The third-order valence-corrected chi connectivity index (χ3v) is 3.92. The summed E-state index contributed by atoms with van der Waals surface area (Å²) in [6.45, 7) is 7.78. The Morgan fingerprint density at radius 1 is 0.923 bits per heavy atom. The van der Waals surface area contributed by atoms with Crippen molar-refractivity contribution in [1.82, 2.24) is 4.90 Å². The number of benzene rings is 2. The van der Waals surface area contributed by atoms with E-state index in [1.807, 2.05) is 58.0 Å². The molecule has 0 unspecified atom stereocenters. The van der Waals surface area contributed by atoms with Gasteiger partial charge in [0.1, 0.15) is 5.75 Å². The van der Waals surface area contributed by atoms with Crippen molar-refractivity contribution >= 4 is 17.5 Å².